The third-order valence-corrected chi connectivity index (χ3v) is 4.82. The van der Waals surface area contributed by atoms with Gasteiger partial charge in [0.15, 0.2) is 0 Å². The van der Waals surface area contributed by atoms with Crippen LogP contribution in [0.15, 0.2) is 28.7 Å². The van der Waals surface area contributed by atoms with E-state index in [9.17, 15) is 5.11 Å². The molecular weight excluding hydrogens is 324 g/mol. The Morgan fingerprint density at radius 2 is 1.38 bits per heavy atom. The fourth-order valence-electron chi connectivity index (χ4n) is 2.73. The van der Waals surface area contributed by atoms with Gasteiger partial charge in [0, 0.05) is 4.47 Å². The van der Waals surface area contributed by atoms with Gasteiger partial charge in [0.05, 0.1) is 6.10 Å². The maximum Gasteiger partial charge on any atom is 0.0800 e. The van der Waals surface area contributed by atoms with Crippen molar-refractivity contribution < 1.29 is 5.11 Å². The SMILES string of the molecule is CCCCCCCCCCCCC(O)c1ccccc1Br. The Morgan fingerprint density at radius 3 is 1.95 bits per heavy atom. The van der Waals surface area contributed by atoms with Gasteiger partial charge in [-0.25, -0.2) is 0 Å². The number of unbranched alkanes of at least 4 members (excludes halogenated alkanes) is 9. The Morgan fingerprint density at radius 1 is 0.857 bits per heavy atom. The molecule has 120 valence electrons. The van der Waals surface area contributed by atoms with E-state index in [0.29, 0.717) is 0 Å². The first-order valence-corrected chi connectivity index (χ1v) is 9.47. The van der Waals surface area contributed by atoms with Crippen LogP contribution in [-0.4, -0.2) is 5.11 Å². The molecule has 0 spiro atoms. The molecule has 1 nitrogen and oxygen atoms in total. The summed E-state index contributed by atoms with van der Waals surface area (Å²) in [6.45, 7) is 2.27. The van der Waals surface area contributed by atoms with Crippen LogP contribution in [0.25, 0.3) is 0 Å². The maximum absolute atomic E-state index is 10.2. The van der Waals surface area contributed by atoms with Crippen molar-refractivity contribution in [2.75, 3.05) is 0 Å². The molecule has 0 bridgehead atoms. The summed E-state index contributed by atoms with van der Waals surface area (Å²) < 4.78 is 1.02. The minimum absolute atomic E-state index is 0.324. The van der Waals surface area contributed by atoms with Crippen LogP contribution in [0.3, 0.4) is 0 Å². The Hall–Kier alpha value is -0.340. The highest BCUT2D eigenvalue weighted by Crippen LogP contribution is 2.26. The predicted molar refractivity (Wildman–Crippen MR) is 95.6 cm³/mol. The molecule has 1 aromatic carbocycles. The zero-order valence-electron chi connectivity index (χ0n) is 13.5. The number of benzene rings is 1. The quantitative estimate of drug-likeness (QED) is 0.409. The van der Waals surface area contributed by atoms with Crippen molar-refractivity contribution in [1.82, 2.24) is 0 Å². The lowest BCUT2D eigenvalue weighted by Gasteiger charge is -2.12. The molecule has 0 heterocycles. The van der Waals surface area contributed by atoms with Gasteiger partial charge in [0.2, 0.25) is 0 Å². The van der Waals surface area contributed by atoms with Crippen molar-refractivity contribution in [3.8, 4) is 0 Å². The lowest BCUT2D eigenvalue weighted by Crippen LogP contribution is -1.98. The van der Waals surface area contributed by atoms with E-state index in [4.69, 9.17) is 0 Å². The van der Waals surface area contributed by atoms with Gasteiger partial charge in [0.25, 0.3) is 0 Å². The summed E-state index contributed by atoms with van der Waals surface area (Å²) in [7, 11) is 0. The number of hydrogen-bond donors (Lipinski definition) is 1. The summed E-state index contributed by atoms with van der Waals surface area (Å²) in [5, 5.41) is 10.2. The molecule has 1 N–H and O–H groups in total. The Balaban J connectivity index is 1.98. The van der Waals surface area contributed by atoms with Crippen LogP contribution in [0, 0.1) is 0 Å². The molecule has 1 aromatic rings. The molecule has 0 aliphatic rings. The van der Waals surface area contributed by atoms with E-state index in [1.807, 2.05) is 24.3 Å². The number of rotatable bonds is 12. The summed E-state index contributed by atoms with van der Waals surface area (Å²) in [6, 6.07) is 7.98. The van der Waals surface area contributed by atoms with Crippen LogP contribution in [0.1, 0.15) is 89.2 Å². The van der Waals surface area contributed by atoms with E-state index in [1.165, 1.54) is 57.8 Å². The van der Waals surface area contributed by atoms with Crippen molar-refractivity contribution in [3.63, 3.8) is 0 Å². The molecule has 2 heteroatoms. The van der Waals surface area contributed by atoms with Crippen LogP contribution < -0.4 is 0 Å². The molecule has 21 heavy (non-hydrogen) atoms. The van der Waals surface area contributed by atoms with Crippen molar-refractivity contribution in [3.05, 3.63) is 34.3 Å². The maximum atomic E-state index is 10.2. The van der Waals surface area contributed by atoms with E-state index in [1.54, 1.807) is 0 Å². The largest absolute Gasteiger partial charge is 0.388 e. The summed E-state index contributed by atoms with van der Waals surface area (Å²) in [5.74, 6) is 0. The highest BCUT2D eigenvalue weighted by molar-refractivity contribution is 9.10. The summed E-state index contributed by atoms with van der Waals surface area (Å²) in [5.41, 5.74) is 1.02. The van der Waals surface area contributed by atoms with Gasteiger partial charge < -0.3 is 5.11 Å². The van der Waals surface area contributed by atoms with Gasteiger partial charge in [-0.3, -0.25) is 0 Å². The van der Waals surface area contributed by atoms with Gasteiger partial charge in [-0.1, -0.05) is 105 Å². The van der Waals surface area contributed by atoms with Crippen molar-refractivity contribution >= 4 is 15.9 Å². The Bertz CT molecular complexity index is 364. The monoisotopic (exact) mass is 354 g/mol. The fourth-order valence-corrected chi connectivity index (χ4v) is 3.27. The topological polar surface area (TPSA) is 20.2 Å². The molecule has 1 unspecified atom stereocenters. The zero-order valence-corrected chi connectivity index (χ0v) is 15.1. The van der Waals surface area contributed by atoms with Crippen molar-refractivity contribution in [1.29, 1.82) is 0 Å². The van der Waals surface area contributed by atoms with E-state index in [2.05, 4.69) is 22.9 Å². The average molecular weight is 355 g/mol. The molecule has 0 saturated heterocycles. The van der Waals surface area contributed by atoms with E-state index in [0.717, 1.165) is 22.9 Å². The van der Waals surface area contributed by atoms with Crippen molar-refractivity contribution in [2.45, 2.75) is 83.7 Å². The van der Waals surface area contributed by atoms with Gasteiger partial charge in [-0.15, -0.1) is 0 Å². The van der Waals surface area contributed by atoms with Gasteiger partial charge >= 0.3 is 0 Å². The molecule has 0 aliphatic heterocycles. The van der Waals surface area contributed by atoms with Crippen molar-refractivity contribution in [2.24, 2.45) is 0 Å². The van der Waals surface area contributed by atoms with Gasteiger partial charge in [-0.2, -0.15) is 0 Å². The smallest absolute Gasteiger partial charge is 0.0800 e. The standard InChI is InChI=1S/C19H31BrO/c1-2-3-4-5-6-7-8-9-10-11-16-19(21)17-14-12-13-15-18(17)20/h12-15,19,21H,2-11,16H2,1H3. The predicted octanol–water partition coefficient (Wildman–Crippen LogP) is 6.79. The van der Waals surface area contributed by atoms with Crippen LogP contribution in [-0.2, 0) is 0 Å². The minimum Gasteiger partial charge on any atom is -0.388 e. The van der Waals surface area contributed by atoms with E-state index < -0.39 is 0 Å². The third kappa shape index (κ3) is 8.63. The molecule has 1 rings (SSSR count). The van der Waals surface area contributed by atoms with Crippen LogP contribution in [0.4, 0.5) is 0 Å². The van der Waals surface area contributed by atoms with Crippen LogP contribution in [0.2, 0.25) is 0 Å². The first-order chi connectivity index (χ1) is 10.3. The van der Waals surface area contributed by atoms with E-state index >= 15 is 0 Å². The number of aliphatic hydroxyl groups is 1. The molecule has 0 amide bonds. The Labute approximate surface area is 139 Å². The van der Waals surface area contributed by atoms with Gasteiger partial charge in [-0.05, 0) is 18.1 Å². The zero-order chi connectivity index (χ0) is 15.3. The average Bonchev–Trinajstić information content (AvgIpc) is 2.49. The number of halogens is 1. The highest BCUT2D eigenvalue weighted by atomic mass is 79.9. The normalized spacial score (nSPS) is 12.5. The summed E-state index contributed by atoms with van der Waals surface area (Å²) in [4.78, 5) is 0. The molecule has 1 atom stereocenters. The second-order valence-corrected chi connectivity index (χ2v) is 6.86. The molecule has 0 saturated carbocycles. The number of aliphatic hydroxyl groups excluding tert-OH is 1. The second kappa shape index (κ2) is 12.2. The lowest BCUT2D eigenvalue weighted by molar-refractivity contribution is 0.162. The molecular formula is C19H31BrO. The Kier molecular flexibility index (Phi) is 10.9. The minimum atomic E-state index is -0.324. The molecule has 0 radical (unpaired) electrons. The van der Waals surface area contributed by atoms with Crippen LogP contribution in [0.5, 0.6) is 0 Å². The summed E-state index contributed by atoms with van der Waals surface area (Å²) in [6.07, 6.45) is 13.9. The van der Waals surface area contributed by atoms with Crippen LogP contribution >= 0.6 is 15.9 Å². The molecule has 0 aromatic heterocycles. The third-order valence-electron chi connectivity index (χ3n) is 4.10. The number of hydrogen-bond acceptors (Lipinski definition) is 1. The fraction of sp³-hybridized carbons (Fsp3) is 0.684. The lowest BCUT2D eigenvalue weighted by atomic mass is 10.0. The highest BCUT2D eigenvalue weighted by Gasteiger charge is 2.09. The second-order valence-electron chi connectivity index (χ2n) is 6.01. The molecule has 0 fully saturated rings. The molecule has 0 aliphatic carbocycles. The first-order valence-electron chi connectivity index (χ1n) is 8.68. The summed E-state index contributed by atoms with van der Waals surface area (Å²) >= 11 is 3.51. The van der Waals surface area contributed by atoms with Gasteiger partial charge in [0.1, 0.15) is 0 Å². The van der Waals surface area contributed by atoms with E-state index in [-0.39, 0.29) is 6.10 Å². The first kappa shape index (κ1) is 18.7.